The molecule has 1 unspecified atom stereocenters. The number of nitrogens with one attached hydrogen (secondary N) is 2. The van der Waals surface area contributed by atoms with Crippen LogP contribution in [0.1, 0.15) is 30.8 Å². The minimum absolute atomic E-state index is 0.111. The highest BCUT2D eigenvalue weighted by Gasteiger charge is 2.10. The fraction of sp³-hybridized carbons (Fsp3) is 0.267. The van der Waals surface area contributed by atoms with Crippen molar-refractivity contribution in [3.8, 4) is 0 Å². The number of hydrogen-bond donors (Lipinski definition) is 2. The molecule has 0 saturated carbocycles. The summed E-state index contributed by atoms with van der Waals surface area (Å²) in [7, 11) is 0. The largest absolute Gasteiger partial charge is 0.348 e. The van der Waals surface area contributed by atoms with Gasteiger partial charge in [0.15, 0.2) is 0 Å². The fourth-order valence-electron chi connectivity index (χ4n) is 1.61. The average molecular weight is 305 g/mol. The molecule has 1 heterocycles. The van der Waals surface area contributed by atoms with Crippen LogP contribution in [0.4, 0.5) is 11.5 Å². The molecule has 110 valence electrons. The van der Waals surface area contributed by atoms with E-state index in [2.05, 4.69) is 20.6 Å². The van der Waals surface area contributed by atoms with Crippen molar-refractivity contribution >= 4 is 29.0 Å². The third-order valence-electron chi connectivity index (χ3n) is 3.01. The number of amides is 1. The maximum absolute atomic E-state index is 11.9. The lowest BCUT2D eigenvalue weighted by Gasteiger charge is -2.11. The molecule has 0 saturated heterocycles. The number of benzene rings is 1. The summed E-state index contributed by atoms with van der Waals surface area (Å²) in [4.78, 5) is 20.2. The minimum Gasteiger partial charge on any atom is -0.348 e. The van der Waals surface area contributed by atoms with Gasteiger partial charge in [-0.05, 0) is 25.5 Å². The predicted molar refractivity (Wildman–Crippen MR) is 84.0 cm³/mol. The summed E-state index contributed by atoms with van der Waals surface area (Å²) < 4.78 is 0. The smallest absolute Gasteiger partial charge is 0.271 e. The van der Waals surface area contributed by atoms with Crippen LogP contribution in [0, 0.1) is 0 Å². The molecule has 2 N–H and O–H groups in total. The number of anilines is 2. The van der Waals surface area contributed by atoms with Crippen LogP contribution in [0.25, 0.3) is 0 Å². The molecule has 0 radical (unpaired) electrons. The summed E-state index contributed by atoms with van der Waals surface area (Å²) in [5.74, 6) is 0.310. The number of carbonyl (C=O) groups is 1. The van der Waals surface area contributed by atoms with Gasteiger partial charge in [-0.25, -0.2) is 9.97 Å². The Balaban J connectivity index is 2.05. The highest BCUT2D eigenvalue weighted by molar-refractivity contribution is 6.33. The van der Waals surface area contributed by atoms with Gasteiger partial charge in [0.25, 0.3) is 5.91 Å². The highest BCUT2D eigenvalue weighted by atomic mass is 35.5. The third kappa shape index (κ3) is 4.16. The first kappa shape index (κ1) is 15.3. The van der Waals surface area contributed by atoms with Gasteiger partial charge in [0.2, 0.25) is 0 Å². The molecule has 5 nitrogen and oxygen atoms in total. The third-order valence-corrected chi connectivity index (χ3v) is 3.34. The molecule has 0 spiro atoms. The molecule has 6 heteroatoms. The summed E-state index contributed by atoms with van der Waals surface area (Å²) in [6.07, 6.45) is 3.82. The lowest BCUT2D eigenvalue weighted by Crippen LogP contribution is -2.32. The van der Waals surface area contributed by atoms with E-state index < -0.39 is 0 Å². The van der Waals surface area contributed by atoms with Crippen LogP contribution in [0.2, 0.25) is 5.02 Å². The van der Waals surface area contributed by atoms with Crippen LogP contribution in [0.3, 0.4) is 0 Å². The van der Waals surface area contributed by atoms with E-state index in [0.717, 1.165) is 12.1 Å². The number of carbonyl (C=O) groups excluding carboxylic acids is 1. The van der Waals surface area contributed by atoms with Gasteiger partial charge in [-0.1, -0.05) is 30.7 Å². The Bertz CT molecular complexity index is 615. The molecular weight excluding hydrogens is 288 g/mol. The van der Waals surface area contributed by atoms with Gasteiger partial charge >= 0.3 is 0 Å². The summed E-state index contributed by atoms with van der Waals surface area (Å²) in [5, 5.41) is 6.49. The second-order valence-corrected chi connectivity index (χ2v) is 5.08. The van der Waals surface area contributed by atoms with E-state index in [-0.39, 0.29) is 11.9 Å². The number of nitrogens with zero attached hydrogens (tertiary/aromatic N) is 2. The first-order valence-electron chi connectivity index (χ1n) is 6.74. The molecule has 0 aliphatic carbocycles. The zero-order valence-electron chi connectivity index (χ0n) is 11.9. The van der Waals surface area contributed by atoms with E-state index in [9.17, 15) is 4.79 Å². The van der Waals surface area contributed by atoms with E-state index >= 15 is 0 Å². The second kappa shape index (κ2) is 7.04. The van der Waals surface area contributed by atoms with Crippen LogP contribution in [-0.2, 0) is 0 Å². The maximum atomic E-state index is 11.9. The lowest BCUT2D eigenvalue weighted by molar-refractivity contribution is 0.0934. The number of hydrogen-bond acceptors (Lipinski definition) is 4. The van der Waals surface area contributed by atoms with Crippen LogP contribution < -0.4 is 10.6 Å². The Morgan fingerprint density at radius 1 is 1.29 bits per heavy atom. The molecule has 0 aliphatic heterocycles. The van der Waals surface area contributed by atoms with Crippen LogP contribution >= 0.6 is 11.6 Å². The van der Waals surface area contributed by atoms with E-state index in [1.54, 1.807) is 6.07 Å². The Hall–Kier alpha value is -2.14. The fourth-order valence-corrected chi connectivity index (χ4v) is 1.79. The van der Waals surface area contributed by atoms with Crippen molar-refractivity contribution in [1.82, 2.24) is 15.3 Å². The molecular formula is C15H17ClN4O. The van der Waals surface area contributed by atoms with Gasteiger partial charge in [0, 0.05) is 6.04 Å². The topological polar surface area (TPSA) is 66.9 Å². The maximum Gasteiger partial charge on any atom is 0.271 e. The monoisotopic (exact) mass is 304 g/mol. The molecule has 2 aromatic rings. The molecule has 21 heavy (non-hydrogen) atoms. The van der Waals surface area contributed by atoms with Gasteiger partial charge < -0.3 is 10.6 Å². The Kier molecular flexibility index (Phi) is 5.11. The van der Waals surface area contributed by atoms with Gasteiger partial charge in [0.1, 0.15) is 11.5 Å². The molecule has 0 fully saturated rings. The molecule has 0 bridgehead atoms. The molecule has 1 amide bonds. The van der Waals surface area contributed by atoms with Gasteiger partial charge in [0.05, 0.1) is 23.1 Å². The average Bonchev–Trinajstić information content (AvgIpc) is 2.50. The summed E-state index contributed by atoms with van der Waals surface area (Å²) in [6, 6.07) is 7.45. The quantitative estimate of drug-likeness (QED) is 0.888. The Labute approximate surface area is 128 Å². The lowest BCUT2D eigenvalue weighted by atomic mass is 10.2. The van der Waals surface area contributed by atoms with Crippen LogP contribution in [-0.4, -0.2) is 21.9 Å². The van der Waals surface area contributed by atoms with E-state index in [0.29, 0.717) is 16.5 Å². The standard InChI is InChI=1S/C15H17ClN4O/c1-3-10(2)19-15(21)13-8-18-14(9-17-13)20-12-7-5-4-6-11(12)16/h4-10H,3H2,1-2H3,(H,18,20)(H,19,21). The zero-order chi connectivity index (χ0) is 15.2. The van der Waals surface area contributed by atoms with Gasteiger partial charge in [-0.3, -0.25) is 4.79 Å². The van der Waals surface area contributed by atoms with Crippen LogP contribution in [0.5, 0.6) is 0 Å². The van der Waals surface area contributed by atoms with Crippen molar-refractivity contribution in [2.24, 2.45) is 0 Å². The molecule has 1 aromatic heterocycles. The van der Waals surface area contributed by atoms with Crippen molar-refractivity contribution in [3.63, 3.8) is 0 Å². The first-order chi connectivity index (χ1) is 10.1. The van der Waals surface area contributed by atoms with Crippen molar-refractivity contribution in [2.45, 2.75) is 26.3 Å². The number of aromatic nitrogens is 2. The van der Waals surface area contributed by atoms with E-state index in [1.807, 2.05) is 32.0 Å². The Morgan fingerprint density at radius 3 is 2.67 bits per heavy atom. The van der Waals surface area contributed by atoms with Crippen LogP contribution in [0.15, 0.2) is 36.7 Å². The van der Waals surface area contributed by atoms with Crippen molar-refractivity contribution in [3.05, 3.63) is 47.4 Å². The normalized spacial score (nSPS) is 11.8. The molecule has 1 aromatic carbocycles. The highest BCUT2D eigenvalue weighted by Crippen LogP contribution is 2.23. The summed E-state index contributed by atoms with van der Waals surface area (Å²) in [6.45, 7) is 3.95. The zero-order valence-corrected chi connectivity index (χ0v) is 12.7. The Morgan fingerprint density at radius 2 is 2.05 bits per heavy atom. The number of halogens is 1. The second-order valence-electron chi connectivity index (χ2n) is 4.67. The van der Waals surface area contributed by atoms with Gasteiger partial charge in [-0.15, -0.1) is 0 Å². The van der Waals surface area contributed by atoms with Gasteiger partial charge in [-0.2, -0.15) is 0 Å². The first-order valence-corrected chi connectivity index (χ1v) is 7.12. The van der Waals surface area contributed by atoms with E-state index in [4.69, 9.17) is 11.6 Å². The van der Waals surface area contributed by atoms with Crippen molar-refractivity contribution < 1.29 is 4.79 Å². The summed E-state index contributed by atoms with van der Waals surface area (Å²) in [5.41, 5.74) is 1.03. The van der Waals surface area contributed by atoms with Crippen molar-refractivity contribution in [1.29, 1.82) is 0 Å². The number of rotatable bonds is 5. The van der Waals surface area contributed by atoms with E-state index in [1.165, 1.54) is 12.4 Å². The summed E-state index contributed by atoms with van der Waals surface area (Å²) >= 11 is 6.05. The minimum atomic E-state index is -0.221. The molecule has 0 aliphatic rings. The predicted octanol–water partition coefficient (Wildman–Crippen LogP) is 3.40. The molecule has 2 rings (SSSR count). The van der Waals surface area contributed by atoms with Crippen molar-refractivity contribution in [2.75, 3.05) is 5.32 Å². The number of para-hydroxylation sites is 1. The SMILES string of the molecule is CCC(C)NC(=O)c1cnc(Nc2ccccc2Cl)cn1. The molecule has 1 atom stereocenters.